The molecule has 0 radical (unpaired) electrons. The van der Waals surface area contributed by atoms with Gasteiger partial charge in [0.15, 0.2) is 0 Å². The van der Waals surface area contributed by atoms with E-state index in [1.165, 1.54) is 13.8 Å². The van der Waals surface area contributed by atoms with Crippen LogP contribution in [0.25, 0.3) is 0 Å². The van der Waals surface area contributed by atoms with Crippen molar-refractivity contribution in [1.82, 2.24) is 13.7 Å². The Hall–Kier alpha value is -3.21. The van der Waals surface area contributed by atoms with E-state index in [9.17, 15) is 29.1 Å². The van der Waals surface area contributed by atoms with Gasteiger partial charge in [0, 0.05) is 11.1 Å². The average Bonchev–Trinajstić information content (AvgIpc) is 2.74. The van der Waals surface area contributed by atoms with Crippen LogP contribution in [0.3, 0.4) is 0 Å². The third kappa shape index (κ3) is 6.64. The number of aliphatic hydroxyl groups excluding tert-OH is 1. The number of hydrogen-bond donors (Lipinski definition) is 1. The summed E-state index contributed by atoms with van der Waals surface area (Å²) in [5.41, 5.74) is -2.51. The molecule has 178 valence electrons. The number of aliphatic hydroxyl groups is 1. The highest BCUT2D eigenvalue weighted by molar-refractivity contribution is 5.87. The van der Waals surface area contributed by atoms with Crippen LogP contribution in [0.4, 0.5) is 0 Å². The summed E-state index contributed by atoms with van der Waals surface area (Å²) in [6.45, 7) is 11.9. The van der Waals surface area contributed by atoms with E-state index in [1.807, 2.05) is 0 Å². The molecule has 0 amide bonds. The number of nitrogens with zero attached hydrogens (tertiary/aromatic N) is 3. The van der Waals surface area contributed by atoms with Crippen LogP contribution in [0.5, 0.6) is 0 Å². The summed E-state index contributed by atoms with van der Waals surface area (Å²) in [4.78, 5) is 62.4. The highest BCUT2D eigenvalue weighted by atomic mass is 16.5. The molecule has 2 atom stereocenters. The highest BCUT2D eigenvalue weighted by Gasteiger charge is 2.23. The first-order chi connectivity index (χ1) is 15.0. The third-order valence-electron chi connectivity index (χ3n) is 4.64. The fourth-order valence-electron chi connectivity index (χ4n) is 2.70. The molecule has 32 heavy (non-hydrogen) atoms. The SMILES string of the molecule is C=C(C)C(=O)OC(CC)Cn1c(=O)n(CCO)c(=O)n(CC(CC)OC(=O)C(=C)C)c1=O. The Morgan fingerprint density at radius 1 is 0.812 bits per heavy atom. The van der Waals surface area contributed by atoms with Crippen LogP contribution < -0.4 is 17.1 Å². The Balaban J connectivity index is 3.49. The van der Waals surface area contributed by atoms with Crippen LogP contribution in [0.1, 0.15) is 40.5 Å². The molecule has 0 fully saturated rings. The maximum Gasteiger partial charge on any atom is 0.336 e. The maximum absolute atomic E-state index is 13.0. The van der Waals surface area contributed by atoms with E-state index in [4.69, 9.17) is 9.47 Å². The van der Waals surface area contributed by atoms with Crippen molar-refractivity contribution in [3.05, 3.63) is 55.8 Å². The van der Waals surface area contributed by atoms with Crippen LogP contribution in [-0.2, 0) is 38.7 Å². The molecule has 0 saturated carbocycles. The number of carbonyl (C=O) groups is 2. The molecule has 0 spiro atoms. The minimum absolute atomic E-state index is 0.156. The van der Waals surface area contributed by atoms with E-state index in [1.54, 1.807) is 13.8 Å². The molecule has 0 aliphatic heterocycles. The molecule has 0 aliphatic carbocycles. The molecule has 0 saturated heterocycles. The first-order valence-corrected chi connectivity index (χ1v) is 10.3. The number of esters is 2. The number of aromatic nitrogens is 3. The molecule has 11 heteroatoms. The van der Waals surface area contributed by atoms with Gasteiger partial charge in [0.1, 0.15) is 12.2 Å². The summed E-state index contributed by atoms with van der Waals surface area (Å²) < 4.78 is 12.8. The zero-order valence-corrected chi connectivity index (χ0v) is 19.0. The minimum atomic E-state index is -0.942. The van der Waals surface area contributed by atoms with E-state index in [2.05, 4.69) is 13.2 Å². The van der Waals surface area contributed by atoms with Crippen LogP contribution in [0.2, 0.25) is 0 Å². The molecule has 2 unspecified atom stereocenters. The van der Waals surface area contributed by atoms with Crippen molar-refractivity contribution in [3.63, 3.8) is 0 Å². The lowest BCUT2D eigenvalue weighted by Gasteiger charge is -2.21. The van der Waals surface area contributed by atoms with Crippen molar-refractivity contribution in [2.45, 2.75) is 72.4 Å². The second-order valence-electron chi connectivity index (χ2n) is 7.38. The average molecular weight is 453 g/mol. The van der Waals surface area contributed by atoms with Gasteiger partial charge in [-0.2, -0.15) is 0 Å². The van der Waals surface area contributed by atoms with Crippen LogP contribution >= 0.6 is 0 Å². The topological polar surface area (TPSA) is 139 Å². The molecule has 1 heterocycles. The summed E-state index contributed by atoms with van der Waals surface area (Å²) in [5.74, 6) is -1.35. The molecule has 1 rings (SSSR count). The van der Waals surface area contributed by atoms with Crippen molar-refractivity contribution in [1.29, 1.82) is 0 Å². The van der Waals surface area contributed by atoms with E-state index in [-0.39, 0.29) is 43.6 Å². The van der Waals surface area contributed by atoms with Gasteiger partial charge in [-0.3, -0.25) is 0 Å². The zero-order valence-electron chi connectivity index (χ0n) is 19.0. The van der Waals surface area contributed by atoms with Gasteiger partial charge < -0.3 is 14.6 Å². The lowest BCUT2D eigenvalue weighted by molar-refractivity contribution is -0.145. The van der Waals surface area contributed by atoms with Crippen molar-refractivity contribution >= 4 is 11.9 Å². The first-order valence-electron chi connectivity index (χ1n) is 10.3. The Morgan fingerprint density at radius 3 is 1.44 bits per heavy atom. The van der Waals surface area contributed by atoms with Gasteiger partial charge in [0.2, 0.25) is 0 Å². The lowest BCUT2D eigenvalue weighted by atomic mass is 10.2. The van der Waals surface area contributed by atoms with Gasteiger partial charge in [-0.25, -0.2) is 37.7 Å². The molecule has 1 aromatic heterocycles. The van der Waals surface area contributed by atoms with Crippen molar-refractivity contribution in [3.8, 4) is 0 Å². The maximum atomic E-state index is 13.0. The van der Waals surface area contributed by atoms with Gasteiger partial charge in [-0.15, -0.1) is 0 Å². The molecule has 0 bridgehead atoms. The first kappa shape index (κ1) is 26.8. The van der Waals surface area contributed by atoms with Gasteiger partial charge in [0.25, 0.3) is 0 Å². The fourth-order valence-corrected chi connectivity index (χ4v) is 2.70. The third-order valence-corrected chi connectivity index (χ3v) is 4.64. The molecular weight excluding hydrogens is 422 g/mol. The number of carbonyl (C=O) groups excluding carboxylic acids is 2. The standard InChI is InChI=1S/C21H31N3O8/c1-7-15(31-17(26)13(3)4)11-23-19(28)22(9-10-25)20(29)24(21(23)30)12-16(8-2)32-18(27)14(5)6/h15-16,25H,3,5,7-12H2,1-2,4,6H3. The summed E-state index contributed by atoms with van der Waals surface area (Å²) in [6, 6.07) is 0. The zero-order chi connectivity index (χ0) is 24.6. The molecule has 11 nitrogen and oxygen atoms in total. The molecule has 1 aromatic rings. The van der Waals surface area contributed by atoms with Gasteiger partial charge in [-0.05, 0) is 26.7 Å². The van der Waals surface area contributed by atoms with Gasteiger partial charge in [-0.1, -0.05) is 27.0 Å². The monoisotopic (exact) mass is 453 g/mol. The normalized spacial score (nSPS) is 12.7. The van der Waals surface area contributed by atoms with Crippen LogP contribution in [0.15, 0.2) is 38.7 Å². The van der Waals surface area contributed by atoms with Crippen molar-refractivity contribution < 1.29 is 24.2 Å². The molecule has 0 aromatic carbocycles. The van der Waals surface area contributed by atoms with E-state index in [0.717, 1.165) is 9.13 Å². The highest BCUT2D eigenvalue weighted by Crippen LogP contribution is 2.06. The summed E-state index contributed by atoms with van der Waals surface area (Å²) in [5, 5.41) is 9.28. The number of ether oxygens (including phenoxy) is 2. The smallest absolute Gasteiger partial charge is 0.336 e. The summed E-state index contributed by atoms with van der Waals surface area (Å²) in [7, 11) is 0. The second-order valence-corrected chi connectivity index (χ2v) is 7.38. The van der Waals surface area contributed by atoms with Gasteiger partial charge in [0.05, 0.1) is 26.2 Å². The quantitative estimate of drug-likeness (QED) is 0.344. The predicted octanol–water partition coefficient (Wildman–Crippen LogP) is -0.0402. The Bertz CT molecular complexity index is 970. The second kappa shape index (κ2) is 12.0. The van der Waals surface area contributed by atoms with E-state index >= 15 is 0 Å². The van der Waals surface area contributed by atoms with Crippen molar-refractivity contribution in [2.24, 2.45) is 0 Å². The fraction of sp³-hybridized carbons (Fsp3) is 0.571. The Kier molecular flexibility index (Phi) is 10.0. The number of hydrogen-bond acceptors (Lipinski definition) is 8. The lowest BCUT2D eigenvalue weighted by Crippen LogP contribution is -2.56. The number of rotatable bonds is 12. The molecule has 1 N–H and O–H groups in total. The molecular formula is C21H31N3O8. The predicted molar refractivity (Wildman–Crippen MR) is 116 cm³/mol. The van der Waals surface area contributed by atoms with Crippen LogP contribution in [0, 0.1) is 0 Å². The molecule has 0 aliphatic rings. The summed E-state index contributed by atoms with van der Waals surface area (Å²) in [6.07, 6.45) is -1.09. The van der Waals surface area contributed by atoms with E-state index in [0.29, 0.717) is 4.57 Å². The van der Waals surface area contributed by atoms with Gasteiger partial charge >= 0.3 is 29.0 Å². The largest absolute Gasteiger partial charge is 0.457 e. The summed E-state index contributed by atoms with van der Waals surface area (Å²) >= 11 is 0. The van der Waals surface area contributed by atoms with Crippen molar-refractivity contribution in [2.75, 3.05) is 6.61 Å². The van der Waals surface area contributed by atoms with E-state index < -0.39 is 47.8 Å². The Morgan fingerprint density at radius 2 is 1.16 bits per heavy atom. The Labute approximate surface area is 185 Å². The minimum Gasteiger partial charge on any atom is -0.457 e. The van der Waals surface area contributed by atoms with Crippen LogP contribution in [-0.4, -0.2) is 49.6 Å².